The van der Waals surface area contributed by atoms with Crippen LogP contribution in [0.15, 0.2) is 70.6 Å². The first-order chi connectivity index (χ1) is 16.4. The van der Waals surface area contributed by atoms with E-state index in [0.29, 0.717) is 29.1 Å². The van der Waals surface area contributed by atoms with Crippen molar-refractivity contribution in [1.29, 1.82) is 0 Å². The van der Waals surface area contributed by atoms with Gasteiger partial charge in [0.25, 0.3) is 5.56 Å². The Morgan fingerprint density at radius 2 is 1.79 bits per heavy atom. The number of methoxy groups -OCH3 is 1. The fraction of sp³-hybridized carbons (Fsp3) is 0.250. The Morgan fingerprint density at radius 3 is 2.53 bits per heavy atom. The van der Waals surface area contributed by atoms with E-state index in [4.69, 9.17) is 14.5 Å². The van der Waals surface area contributed by atoms with Crippen LogP contribution in [0.25, 0.3) is 22.3 Å². The molecule has 0 radical (unpaired) electrons. The maximum absolute atomic E-state index is 13.6. The summed E-state index contributed by atoms with van der Waals surface area (Å²) in [5.74, 6) is 2.25. The molecule has 6 nitrogen and oxygen atoms in total. The molecule has 0 bridgehead atoms. The van der Waals surface area contributed by atoms with Crippen LogP contribution >= 0.6 is 0 Å². The predicted molar refractivity (Wildman–Crippen MR) is 137 cm³/mol. The second-order valence-corrected chi connectivity index (χ2v) is 8.35. The van der Waals surface area contributed by atoms with Crippen LogP contribution in [0.4, 0.5) is 0 Å². The second kappa shape index (κ2) is 9.91. The number of ether oxygens (including phenoxy) is 2. The molecule has 6 heteroatoms. The van der Waals surface area contributed by atoms with Gasteiger partial charge in [-0.1, -0.05) is 38.1 Å². The zero-order valence-electron chi connectivity index (χ0n) is 20.2. The molecule has 4 aromatic rings. The molecule has 0 N–H and O–H groups in total. The third-order valence-electron chi connectivity index (χ3n) is 5.72. The summed E-state index contributed by atoms with van der Waals surface area (Å²) in [7, 11) is 1.61. The highest BCUT2D eigenvalue weighted by molar-refractivity contribution is 5.84. The molecule has 0 atom stereocenters. The van der Waals surface area contributed by atoms with Gasteiger partial charge >= 0.3 is 0 Å². The van der Waals surface area contributed by atoms with E-state index >= 15 is 0 Å². The van der Waals surface area contributed by atoms with Crippen LogP contribution in [0.2, 0.25) is 0 Å². The van der Waals surface area contributed by atoms with Crippen LogP contribution in [0.1, 0.15) is 43.4 Å². The average Bonchev–Trinajstić information content (AvgIpc) is 2.84. The first kappa shape index (κ1) is 23.2. The highest BCUT2D eigenvalue weighted by atomic mass is 16.5. The second-order valence-electron chi connectivity index (χ2n) is 8.35. The highest BCUT2D eigenvalue weighted by Crippen LogP contribution is 2.34. The summed E-state index contributed by atoms with van der Waals surface area (Å²) in [5.41, 5.74) is 4.02. The van der Waals surface area contributed by atoms with Crippen molar-refractivity contribution in [3.05, 3.63) is 87.7 Å². The summed E-state index contributed by atoms with van der Waals surface area (Å²) in [5, 5.41) is 5.10. The summed E-state index contributed by atoms with van der Waals surface area (Å²) in [6, 6.07) is 19.0. The van der Waals surface area contributed by atoms with Gasteiger partial charge in [-0.05, 0) is 67.3 Å². The molecule has 1 heterocycles. The maximum atomic E-state index is 13.6. The normalized spacial score (nSPS) is 11.5. The van der Waals surface area contributed by atoms with Gasteiger partial charge in [0.1, 0.15) is 11.5 Å². The Kier molecular flexibility index (Phi) is 6.77. The molecule has 4 rings (SSSR count). The molecule has 0 unspecified atom stereocenters. The standard InChI is InChI=1S/C28H29N3O3/c1-6-34-26-15-19(4)23(16-22(26)18(2)3)27-30-24-13-9-8-12-21(24)28(32)31(27)29-17-20-11-7-10-14-25(20)33-5/h7-18H,6H2,1-5H3. The van der Waals surface area contributed by atoms with Crippen LogP contribution in [-0.2, 0) is 0 Å². The predicted octanol–water partition coefficient (Wildman–Crippen LogP) is 5.78. The van der Waals surface area contributed by atoms with E-state index in [2.05, 4.69) is 25.0 Å². The number of hydrogen-bond donors (Lipinski definition) is 0. The SMILES string of the molecule is CCOc1cc(C)c(-c2nc3ccccc3c(=O)n2N=Cc2ccccc2OC)cc1C(C)C. The van der Waals surface area contributed by atoms with Crippen LogP contribution in [0.3, 0.4) is 0 Å². The zero-order valence-corrected chi connectivity index (χ0v) is 20.2. The maximum Gasteiger partial charge on any atom is 0.282 e. The van der Waals surface area contributed by atoms with Crippen LogP contribution in [0, 0.1) is 6.92 Å². The third kappa shape index (κ3) is 4.44. The lowest BCUT2D eigenvalue weighted by molar-refractivity contribution is 0.335. The van der Waals surface area contributed by atoms with E-state index in [0.717, 1.165) is 28.0 Å². The number of hydrogen-bond acceptors (Lipinski definition) is 5. The highest BCUT2D eigenvalue weighted by Gasteiger charge is 2.18. The van der Waals surface area contributed by atoms with Crippen molar-refractivity contribution in [2.24, 2.45) is 5.10 Å². The molecule has 0 aliphatic heterocycles. The first-order valence-corrected chi connectivity index (χ1v) is 11.4. The van der Waals surface area contributed by atoms with Crippen molar-refractivity contribution >= 4 is 17.1 Å². The van der Waals surface area contributed by atoms with Crippen molar-refractivity contribution < 1.29 is 9.47 Å². The molecule has 3 aromatic carbocycles. The van der Waals surface area contributed by atoms with Gasteiger partial charge in [-0.15, -0.1) is 0 Å². The largest absolute Gasteiger partial charge is 0.496 e. The van der Waals surface area contributed by atoms with E-state index in [1.54, 1.807) is 19.4 Å². The Labute approximate surface area is 199 Å². The lowest BCUT2D eigenvalue weighted by Gasteiger charge is -2.18. The number of rotatable bonds is 7. The van der Waals surface area contributed by atoms with Crippen LogP contribution in [-0.4, -0.2) is 29.6 Å². The van der Waals surface area contributed by atoms with Crippen molar-refractivity contribution in [3.63, 3.8) is 0 Å². The Hall–Kier alpha value is -3.93. The summed E-state index contributed by atoms with van der Waals surface area (Å²) in [6.07, 6.45) is 1.63. The smallest absolute Gasteiger partial charge is 0.282 e. The zero-order chi connectivity index (χ0) is 24.2. The molecule has 0 aliphatic rings. The van der Waals surface area contributed by atoms with Gasteiger partial charge in [0.15, 0.2) is 5.82 Å². The quantitative estimate of drug-likeness (QED) is 0.331. The molecule has 174 valence electrons. The lowest BCUT2D eigenvalue weighted by Crippen LogP contribution is -2.21. The van der Waals surface area contributed by atoms with Gasteiger partial charge in [0.05, 0.1) is 30.8 Å². The summed E-state index contributed by atoms with van der Waals surface area (Å²) in [4.78, 5) is 18.4. The minimum atomic E-state index is -0.230. The van der Waals surface area contributed by atoms with E-state index in [-0.39, 0.29) is 11.5 Å². The van der Waals surface area contributed by atoms with Crippen molar-refractivity contribution in [3.8, 4) is 22.9 Å². The average molecular weight is 456 g/mol. The summed E-state index contributed by atoms with van der Waals surface area (Å²) in [6.45, 7) is 8.80. The monoisotopic (exact) mass is 455 g/mol. The molecule has 34 heavy (non-hydrogen) atoms. The molecule has 0 amide bonds. The van der Waals surface area contributed by atoms with Gasteiger partial charge in [0.2, 0.25) is 0 Å². The van der Waals surface area contributed by atoms with Gasteiger partial charge in [-0.25, -0.2) is 4.98 Å². The fourth-order valence-corrected chi connectivity index (χ4v) is 3.97. The van der Waals surface area contributed by atoms with Gasteiger partial charge in [0, 0.05) is 11.1 Å². The van der Waals surface area contributed by atoms with Gasteiger partial charge < -0.3 is 9.47 Å². The van der Waals surface area contributed by atoms with Crippen molar-refractivity contribution in [2.45, 2.75) is 33.6 Å². The molecule has 0 fully saturated rings. The number of nitrogens with zero attached hydrogens (tertiary/aromatic N) is 3. The number of aryl methyl sites for hydroxylation is 1. The van der Waals surface area contributed by atoms with E-state index in [1.165, 1.54) is 4.68 Å². The number of benzene rings is 3. The molecule has 1 aromatic heterocycles. The molecule has 0 aliphatic carbocycles. The molecule has 0 saturated carbocycles. The minimum Gasteiger partial charge on any atom is -0.496 e. The summed E-state index contributed by atoms with van der Waals surface area (Å²) < 4.78 is 12.7. The first-order valence-electron chi connectivity index (χ1n) is 11.4. The minimum absolute atomic E-state index is 0.230. The van der Waals surface area contributed by atoms with E-state index in [9.17, 15) is 4.79 Å². The van der Waals surface area contributed by atoms with Crippen molar-refractivity contribution in [1.82, 2.24) is 9.66 Å². The number of para-hydroxylation sites is 2. The van der Waals surface area contributed by atoms with E-state index in [1.807, 2.05) is 62.4 Å². The Balaban J connectivity index is 1.99. The Morgan fingerprint density at radius 1 is 1.06 bits per heavy atom. The van der Waals surface area contributed by atoms with Crippen LogP contribution < -0.4 is 15.0 Å². The van der Waals surface area contributed by atoms with Gasteiger partial charge in [-0.2, -0.15) is 9.78 Å². The summed E-state index contributed by atoms with van der Waals surface area (Å²) >= 11 is 0. The molecular formula is C28H29N3O3. The third-order valence-corrected chi connectivity index (χ3v) is 5.72. The van der Waals surface area contributed by atoms with Crippen LogP contribution in [0.5, 0.6) is 11.5 Å². The molecule has 0 spiro atoms. The lowest BCUT2D eigenvalue weighted by atomic mass is 9.96. The van der Waals surface area contributed by atoms with Crippen molar-refractivity contribution in [2.75, 3.05) is 13.7 Å². The van der Waals surface area contributed by atoms with Gasteiger partial charge in [-0.3, -0.25) is 4.79 Å². The molecular weight excluding hydrogens is 426 g/mol. The topological polar surface area (TPSA) is 65.7 Å². The van der Waals surface area contributed by atoms with E-state index < -0.39 is 0 Å². The number of aromatic nitrogens is 2. The Bertz CT molecular complexity index is 1420. The number of fused-ring (bicyclic) bond motifs is 1. The fourth-order valence-electron chi connectivity index (χ4n) is 3.97. The molecule has 0 saturated heterocycles.